The number of ketones is 1. The molecule has 0 aromatic rings. The molecule has 1 unspecified atom stereocenters. The Labute approximate surface area is 80.9 Å². The first-order valence-electron chi connectivity index (χ1n) is 4.56. The van der Waals surface area contributed by atoms with E-state index in [4.69, 9.17) is 0 Å². The van der Waals surface area contributed by atoms with Gasteiger partial charge in [0.2, 0.25) is 0 Å². The Kier molecular flexibility index (Phi) is 6.15. The van der Waals surface area contributed by atoms with Crippen LogP contribution < -0.4 is 0 Å². The molecule has 0 radical (unpaired) electrons. The van der Waals surface area contributed by atoms with E-state index in [0.29, 0.717) is 12.5 Å². The number of hydrogen-bond acceptors (Lipinski definition) is 2. The fourth-order valence-electron chi connectivity index (χ4n) is 0.924. The van der Waals surface area contributed by atoms with Crippen LogP contribution in [0.25, 0.3) is 0 Å². The Balaban J connectivity index is 3.81. The third kappa shape index (κ3) is 6.29. The summed E-state index contributed by atoms with van der Waals surface area (Å²) in [5, 5.41) is 0. The molecule has 0 N–H and O–H groups in total. The maximum Gasteiger partial charge on any atom is 0.131 e. The van der Waals surface area contributed by atoms with Gasteiger partial charge in [0.15, 0.2) is 0 Å². The van der Waals surface area contributed by atoms with Gasteiger partial charge in [0.05, 0.1) is 0 Å². The summed E-state index contributed by atoms with van der Waals surface area (Å²) >= 11 is 0. The molecule has 0 fully saturated rings. The van der Waals surface area contributed by atoms with Crippen LogP contribution in [0.3, 0.4) is 0 Å². The van der Waals surface area contributed by atoms with Crippen LogP contribution in [0.15, 0.2) is 24.8 Å². The summed E-state index contributed by atoms with van der Waals surface area (Å²) in [5.74, 6) is 0.242. The first-order valence-corrected chi connectivity index (χ1v) is 4.56. The van der Waals surface area contributed by atoms with Gasteiger partial charge in [-0.3, -0.25) is 9.69 Å². The highest BCUT2D eigenvalue weighted by molar-refractivity contribution is 5.75. The molecule has 2 nitrogen and oxygen atoms in total. The van der Waals surface area contributed by atoms with Gasteiger partial charge in [-0.15, -0.1) is 0 Å². The molecule has 0 aliphatic heterocycles. The van der Waals surface area contributed by atoms with Gasteiger partial charge in [-0.2, -0.15) is 0 Å². The summed E-state index contributed by atoms with van der Waals surface area (Å²) in [6.07, 6.45) is 6.38. The summed E-state index contributed by atoms with van der Waals surface area (Å²) in [4.78, 5) is 12.9. The van der Waals surface area contributed by atoms with E-state index >= 15 is 0 Å². The lowest BCUT2D eigenvalue weighted by Gasteiger charge is -2.20. The van der Waals surface area contributed by atoms with Crippen LogP contribution in [0.1, 0.15) is 20.3 Å². The Morgan fingerprint density at radius 3 is 2.69 bits per heavy atom. The predicted octanol–water partition coefficient (Wildman–Crippen LogP) is 2.03. The highest BCUT2D eigenvalue weighted by Gasteiger charge is 2.05. The Bertz CT molecular complexity index is 196. The molecule has 0 amide bonds. The van der Waals surface area contributed by atoms with Crippen molar-refractivity contribution in [3.05, 3.63) is 24.8 Å². The van der Waals surface area contributed by atoms with E-state index in [1.165, 1.54) is 0 Å². The Hall–Kier alpha value is -0.890. The molecule has 0 aromatic heterocycles. The fraction of sp³-hybridized carbons (Fsp3) is 0.545. The van der Waals surface area contributed by atoms with E-state index in [9.17, 15) is 4.79 Å². The van der Waals surface area contributed by atoms with Gasteiger partial charge < -0.3 is 0 Å². The molecule has 2 heteroatoms. The van der Waals surface area contributed by atoms with Gasteiger partial charge in [0.1, 0.15) is 5.78 Å². The number of Topliss-reactive ketones (excluding diaryl/α,β-unsaturated/α-hetero) is 1. The van der Waals surface area contributed by atoms with Crippen molar-refractivity contribution >= 4 is 5.78 Å². The van der Waals surface area contributed by atoms with Gasteiger partial charge in [0.25, 0.3) is 0 Å². The summed E-state index contributed by atoms with van der Waals surface area (Å²) in [6.45, 7) is 8.14. The van der Waals surface area contributed by atoms with Gasteiger partial charge in [-0.05, 0) is 20.9 Å². The normalized spacial score (nSPS) is 13.5. The molecule has 13 heavy (non-hydrogen) atoms. The minimum absolute atomic E-state index is 0.242. The minimum Gasteiger partial charge on any atom is -0.300 e. The van der Waals surface area contributed by atoms with E-state index in [-0.39, 0.29) is 5.78 Å². The lowest BCUT2D eigenvalue weighted by Crippen LogP contribution is -2.29. The zero-order chi connectivity index (χ0) is 10.3. The molecule has 0 saturated carbocycles. The molecule has 74 valence electrons. The molecule has 0 heterocycles. The summed E-state index contributed by atoms with van der Waals surface area (Å²) in [6, 6.07) is 0.359. The number of nitrogens with zero attached hydrogens (tertiary/aromatic N) is 1. The minimum atomic E-state index is 0.242. The molecular weight excluding hydrogens is 162 g/mol. The van der Waals surface area contributed by atoms with Crippen LogP contribution in [0.5, 0.6) is 0 Å². The second-order valence-corrected chi connectivity index (χ2v) is 3.29. The smallest absolute Gasteiger partial charge is 0.131 e. The third-order valence-electron chi connectivity index (χ3n) is 2.04. The topological polar surface area (TPSA) is 20.3 Å². The number of carbonyl (C=O) groups is 1. The molecule has 0 saturated heterocycles. The number of likely N-dealkylation sites (N-methyl/N-ethyl adjacent to an activating group) is 1. The zero-order valence-corrected chi connectivity index (χ0v) is 8.79. The summed E-state index contributed by atoms with van der Waals surface area (Å²) in [5.41, 5.74) is 0. The van der Waals surface area contributed by atoms with Crippen LogP contribution in [0.2, 0.25) is 0 Å². The SMILES string of the molecule is C=CC=CC(C)N(C)CCC(C)=O. The van der Waals surface area contributed by atoms with Crippen LogP contribution in [0.4, 0.5) is 0 Å². The first kappa shape index (κ1) is 12.1. The summed E-state index contributed by atoms with van der Waals surface area (Å²) in [7, 11) is 2.01. The third-order valence-corrected chi connectivity index (χ3v) is 2.04. The maximum atomic E-state index is 10.7. The Morgan fingerprint density at radius 1 is 1.62 bits per heavy atom. The van der Waals surface area contributed by atoms with Crippen LogP contribution >= 0.6 is 0 Å². The van der Waals surface area contributed by atoms with Crippen LogP contribution in [-0.4, -0.2) is 30.3 Å². The highest BCUT2D eigenvalue weighted by Crippen LogP contribution is 1.99. The number of hydrogen-bond donors (Lipinski definition) is 0. The van der Waals surface area contributed by atoms with Gasteiger partial charge in [0, 0.05) is 19.0 Å². The zero-order valence-electron chi connectivity index (χ0n) is 8.79. The molecule has 0 rings (SSSR count). The highest BCUT2D eigenvalue weighted by atomic mass is 16.1. The molecule has 0 bridgehead atoms. The predicted molar refractivity (Wildman–Crippen MR) is 56.7 cm³/mol. The molecule has 0 aliphatic carbocycles. The second-order valence-electron chi connectivity index (χ2n) is 3.29. The van der Waals surface area contributed by atoms with Gasteiger partial charge >= 0.3 is 0 Å². The van der Waals surface area contributed by atoms with Crippen LogP contribution in [0, 0.1) is 0 Å². The Morgan fingerprint density at radius 2 is 2.23 bits per heavy atom. The number of carbonyl (C=O) groups excluding carboxylic acids is 1. The van der Waals surface area contributed by atoms with Crippen molar-refractivity contribution in [2.75, 3.05) is 13.6 Å². The van der Waals surface area contributed by atoms with E-state index in [2.05, 4.69) is 24.5 Å². The summed E-state index contributed by atoms with van der Waals surface area (Å²) < 4.78 is 0. The van der Waals surface area contributed by atoms with Crippen molar-refractivity contribution < 1.29 is 4.79 Å². The quantitative estimate of drug-likeness (QED) is 0.584. The van der Waals surface area contributed by atoms with Crippen molar-refractivity contribution in [2.24, 2.45) is 0 Å². The fourth-order valence-corrected chi connectivity index (χ4v) is 0.924. The average Bonchev–Trinajstić information content (AvgIpc) is 2.10. The molecular formula is C11H19NO. The van der Waals surface area contributed by atoms with Crippen molar-refractivity contribution in [1.29, 1.82) is 0 Å². The number of allylic oxidation sites excluding steroid dienone is 2. The van der Waals surface area contributed by atoms with Gasteiger partial charge in [-0.1, -0.05) is 24.8 Å². The second kappa shape index (κ2) is 6.61. The number of rotatable bonds is 6. The van der Waals surface area contributed by atoms with Crippen molar-refractivity contribution in [3.8, 4) is 0 Å². The molecule has 0 spiro atoms. The largest absolute Gasteiger partial charge is 0.300 e. The van der Waals surface area contributed by atoms with E-state index in [1.807, 2.05) is 13.1 Å². The van der Waals surface area contributed by atoms with Crippen molar-refractivity contribution in [3.63, 3.8) is 0 Å². The monoisotopic (exact) mass is 181 g/mol. The first-order chi connectivity index (χ1) is 6.07. The van der Waals surface area contributed by atoms with E-state index in [1.54, 1.807) is 13.0 Å². The lowest BCUT2D eigenvalue weighted by molar-refractivity contribution is -0.117. The van der Waals surface area contributed by atoms with E-state index in [0.717, 1.165) is 6.54 Å². The van der Waals surface area contributed by atoms with Crippen molar-refractivity contribution in [2.45, 2.75) is 26.3 Å². The average molecular weight is 181 g/mol. The standard InChI is InChI=1S/C11H19NO/c1-5-6-7-10(2)12(4)9-8-11(3)13/h5-7,10H,1,8-9H2,2-4H3. The molecule has 0 aliphatic rings. The maximum absolute atomic E-state index is 10.7. The molecule has 0 aromatic carbocycles. The van der Waals surface area contributed by atoms with Crippen LogP contribution in [-0.2, 0) is 4.79 Å². The van der Waals surface area contributed by atoms with Gasteiger partial charge in [-0.25, -0.2) is 0 Å². The molecule has 1 atom stereocenters. The van der Waals surface area contributed by atoms with Crippen molar-refractivity contribution in [1.82, 2.24) is 4.90 Å². The lowest BCUT2D eigenvalue weighted by atomic mass is 10.2. The van der Waals surface area contributed by atoms with E-state index < -0.39 is 0 Å².